The van der Waals surface area contributed by atoms with Gasteiger partial charge in [0, 0.05) is 12.1 Å². The Balaban J connectivity index is 1.63. The smallest absolute Gasteiger partial charge is 0.290 e. The van der Waals surface area contributed by atoms with E-state index >= 15 is 0 Å². The van der Waals surface area contributed by atoms with Crippen LogP contribution in [0.5, 0.6) is 0 Å². The maximum absolute atomic E-state index is 11.8. The first-order valence-electron chi connectivity index (χ1n) is 6.92. The van der Waals surface area contributed by atoms with Crippen LogP contribution in [-0.2, 0) is 6.54 Å². The molecule has 7 nitrogen and oxygen atoms in total. The average molecular weight is 275 g/mol. The van der Waals surface area contributed by atoms with E-state index in [0.29, 0.717) is 12.6 Å². The standard InChI is InChI=1S/C13H17N5O2/c19-13(11-6-7-16-20-11)14-8-12-17-15-9-18(12)10-4-2-1-3-5-10/h6-7,9-10H,1-5,8H2,(H,14,19). The first-order chi connectivity index (χ1) is 9.84. The molecule has 3 rings (SSSR count). The normalized spacial score (nSPS) is 16.2. The first-order valence-corrected chi connectivity index (χ1v) is 6.92. The minimum atomic E-state index is -0.291. The molecule has 0 radical (unpaired) electrons. The molecule has 2 aromatic rings. The van der Waals surface area contributed by atoms with E-state index in [1.165, 1.54) is 31.5 Å². The molecule has 1 fully saturated rings. The van der Waals surface area contributed by atoms with Gasteiger partial charge >= 0.3 is 0 Å². The highest BCUT2D eigenvalue weighted by Crippen LogP contribution is 2.28. The van der Waals surface area contributed by atoms with Crippen molar-refractivity contribution in [2.24, 2.45) is 0 Å². The van der Waals surface area contributed by atoms with Gasteiger partial charge < -0.3 is 14.4 Å². The molecule has 0 spiro atoms. The van der Waals surface area contributed by atoms with Gasteiger partial charge in [-0.3, -0.25) is 4.79 Å². The third-order valence-corrected chi connectivity index (χ3v) is 3.68. The Labute approximate surface area is 116 Å². The summed E-state index contributed by atoms with van der Waals surface area (Å²) in [6.07, 6.45) is 9.29. The largest absolute Gasteiger partial charge is 0.351 e. The molecule has 20 heavy (non-hydrogen) atoms. The van der Waals surface area contributed by atoms with Crippen molar-refractivity contribution in [3.05, 3.63) is 30.2 Å². The second-order valence-corrected chi connectivity index (χ2v) is 5.01. The molecular weight excluding hydrogens is 258 g/mol. The summed E-state index contributed by atoms with van der Waals surface area (Å²) in [4.78, 5) is 11.8. The molecule has 0 saturated heterocycles. The van der Waals surface area contributed by atoms with Gasteiger partial charge in [0.05, 0.1) is 12.7 Å². The van der Waals surface area contributed by atoms with Crippen LogP contribution in [0.1, 0.15) is 54.5 Å². The van der Waals surface area contributed by atoms with Crippen LogP contribution in [0, 0.1) is 0 Å². The maximum atomic E-state index is 11.8. The van der Waals surface area contributed by atoms with E-state index in [2.05, 4.69) is 25.2 Å². The lowest BCUT2D eigenvalue weighted by atomic mass is 9.95. The Hall–Kier alpha value is -2.18. The first kappa shape index (κ1) is 12.8. The fraction of sp³-hybridized carbons (Fsp3) is 0.538. The maximum Gasteiger partial charge on any atom is 0.290 e. The van der Waals surface area contributed by atoms with Crippen molar-refractivity contribution in [1.29, 1.82) is 0 Å². The number of hydrogen-bond acceptors (Lipinski definition) is 5. The summed E-state index contributed by atoms with van der Waals surface area (Å²) in [5.74, 6) is 0.694. The minimum absolute atomic E-state index is 0.203. The lowest BCUT2D eigenvalue weighted by Crippen LogP contribution is -2.25. The van der Waals surface area contributed by atoms with E-state index < -0.39 is 0 Å². The molecule has 0 unspecified atom stereocenters. The number of hydrogen-bond donors (Lipinski definition) is 1. The van der Waals surface area contributed by atoms with Crippen LogP contribution in [0.4, 0.5) is 0 Å². The second-order valence-electron chi connectivity index (χ2n) is 5.01. The summed E-state index contributed by atoms with van der Waals surface area (Å²) in [6, 6.07) is 1.98. The van der Waals surface area contributed by atoms with Crippen molar-refractivity contribution in [1.82, 2.24) is 25.2 Å². The lowest BCUT2D eigenvalue weighted by Gasteiger charge is -2.23. The van der Waals surface area contributed by atoms with Crippen molar-refractivity contribution >= 4 is 5.91 Å². The molecule has 1 aliphatic carbocycles. The molecule has 1 amide bonds. The summed E-state index contributed by atoms with van der Waals surface area (Å²) >= 11 is 0. The average Bonchev–Trinajstić information content (AvgIpc) is 3.17. The molecule has 1 N–H and O–H groups in total. The molecular formula is C13H17N5O2. The molecule has 2 aromatic heterocycles. The van der Waals surface area contributed by atoms with Gasteiger partial charge in [-0.2, -0.15) is 0 Å². The zero-order valence-corrected chi connectivity index (χ0v) is 11.2. The van der Waals surface area contributed by atoms with E-state index in [0.717, 1.165) is 18.7 Å². The van der Waals surface area contributed by atoms with Crippen molar-refractivity contribution < 1.29 is 9.32 Å². The van der Waals surface area contributed by atoms with Gasteiger partial charge in [0.1, 0.15) is 6.33 Å². The van der Waals surface area contributed by atoms with Crippen LogP contribution >= 0.6 is 0 Å². The topological polar surface area (TPSA) is 85.8 Å². The summed E-state index contributed by atoms with van der Waals surface area (Å²) in [7, 11) is 0. The lowest BCUT2D eigenvalue weighted by molar-refractivity contribution is 0.0912. The van der Waals surface area contributed by atoms with Crippen LogP contribution in [-0.4, -0.2) is 25.8 Å². The molecule has 2 heterocycles. The molecule has 0 aromatic carbocycles. The molecule has 7 heteroatoms. The third kappa shape index (κ3) is 2.71. The van der Waals surface area contributed by atoms with E-state index in [4.69, 9.17) is 4.52 Å². The monoisotopic (exact) mass is 275 g/mol. The molecule has 0 bridgehead atoms. The van der Waals surface area contributed by atoms with Gasteiger partial charge in [0.2, 0.25) is 5.76 Å². The summed E-state index contributed by atoms with van der Waals surface area (Å²) in [6.45, 7) is 0.343. The summed E-state index contributed by atoms with van der Waals surface area (Å²) in [5.41, 5.74) is 0. The Kier molecular flexibility index (Phi) is 3.76. The molecule has 0 aliphatic heterocycles. The van der Waals surface area contributed by atoms with Gasteiger partial charge in [-0.05, 0) is 12.8 Å². The van der Waals surface area contributed by atoms with E-state index in [9.17, 15) is 4.79 Å². The predicted molar refractivity (Wildman–Crippen MR) is 69.8 cm³/mol. The van der Waals surface area contributed by atoms with Gasteiger partial charge in [-0.25, -0.2) is 0 Å². The summed E-state index contributed by atoms with van der Waals surface area (Å²) in [5, 5.41) is 14.3. The number of amides is 1. The molecule has 106 valence electrons. The SMILES string of the molecule is O=C(NCc1nncn1C1CCCCC1)c1ccno1. The number of rotatable bonds is 4. The number of nitrogens with one attached hydrogen (secondary N) is 1. The van der Waals surface area contributed by atoms with E-state index in [1.54, 1.807) is 6.33 Å². The summed E-state index contributed by atoms with van der Waals surface area (Å²) < 4.78 is 6.89. The molecule has 1 saturated carbocycles. The van der Waals surface area contributed by atoms with Crippen LogP contribution in [0.3, 0.4) is 0 Å². The van der Waals surface area contributed by atoms with Gasteiger partial charge in [-0.15, -0.1) is 10.2 Å². The highest BCUT2D eigenvalue weighted by Gasteiger charge is 2.19. The van der Waals surface area contributed by atoms with Crippen molar-refractivity contribution in [2.75, 3.05) is 0 Å². The fourth-order valence-corrected chi connectivity index (χ4v) is 2.64. The minimum Gasteiger partial charge on any atom is -0.351 e. The van der Waals surface area contributed by atoms with Crippen LogP contribution in [0.25, 0.3) is 0 Å². The van der Waals surface area contributed by atoms with E-state index in [-0.39, 0.29) is 11.7 Å². The zero-order chi connectivity index (χ0) is 13.8. The van der Waals surface area contributed by atoms with Crippen molar-refractivity contribution in [3.8, 4) is 0 Å². The van der Waals surface area contributed by atoms with Crippen LogP contribution in [0.2, 0.25) is 0 Å². The number of nitrogens with zero attached hydrogens (tertiary/aromatic N) is 4. The highest BCUT2D eigenvalue weighted by atomic mass is 16.5. The van der Waals surface area contributed by atoms with Crippen molar-refractivity contribution in [2.45, 2.75) is 44.7 Å². The van der Waals surface area contributed by atoms with Crippen LogP contribution < -0.4 is 5.32 Å². The van der Waals surface area contributed by atoms with Gasteiger partial charge in [0.25, 0.3) is 5.91 Å². The third-order valence-electron chi connectivity index (χ3n) is 3.68. The second kappa shape index (κ2) is 5.85. The van der Waals surface area contributed by atoms with Crippen molar-refractivity contribution in [3.63, 3.8) is 0 Å². The van der Waals surface area contributed by atoms with Gasteiger partial charge in [-0.1, -0.05) is 24.4 Å². The molecule has 0 atom stereocenters. The predicted octanol–water partition coefficient (Wildman–Crippen LogP) is 1.70. The number of aromatic nitrogens is 4. The number of carbonyl (C=O) groups excluding carboxylic acids is 1. The zero-order valence-electron chi connectivity index (χ0n) is 11.2. The Morgan fingerprint density at radius 2 is 2.25 bits per heavy atom. The quantitative estimate of drug-likeness (QED) is 0.917. The van der Waals surface area contributed by atoms with E-state index in [1.807, 2.05) is 0 Å². The van der Waals surface area contributed by atoms with Crippen LogP contribution in [0.15, 0.2) is 23.1 Å². The van der Waals surface area contributed by atoms with Gasteiger partial charge in [0.15, 0.2) is 5.82 Å². The molecule has 1 aliphatic rings. The Morgan fingerprint density at radius 1 is 1.40 bits per heavy atom. The Bertz CT molecular complexity index is 557. The fourth-order valence-electron chi connectivity index (χ4n) is 2.64. The highest BCUT2D eigenvalue weighted by molar-refractivity contribution is 5.91. The Morgan fingerprint density at radius 3 is 3.00 bits per heavy atom. The number of carbonyl (C=O) groups is 1.